The van der Waals surface area contributed by atoms with Crippen molar-refractivity contribution in [2.45, 2.75) is 65.7 Å². The molecule has 0 atom stereocenters. The second-order valence-electron chi connectivity index (χ2n) is 7.85. The zero-order chi connectivity index (χ0) is 26.7. The van der Waals surface area contributed by atoms with E-state index in [0.29, 0.717) is 11.1 Å². The van der Waals surface area contributed by atoms with Crippen LogP contribution in [-0.4, -0.2) is 38.5 Å². The topological polar surface area (TPSA) is 151 Å². The van der Waals surface area contributed by atoms with Crippen LogP contribution in [0.25, 0.3) is 0 Å². The molecule has 0 bridgehead atoms. The highest BCUT2D eigenvalue weighted by Crippen LogP contribution is 2.35. The van der Waals surface area contributed by atoms with Gasteiger partial charge in [-0.25, -0.2) is 19.0 Å². The first-order valence-electron chi connectivity index (χ1n) is 11.4. The van der Waals surface area contributed by atoms with Crippen molar-refractivity contribution in [3.8, 4) is 0 Å². The number of carboxylic acid groups (broad SMARTS) is 2. The summed E-state index contributed by atoms with van der Waals surface area (Å²) >= 11 is 0. The largest absolute Gasteiger partial charge is 0.496 e. The fraction of sp³-hybridized carbons (Fsp3) is 0.440. The Balaban J connectivity index is 0.000000510. The van der Waals surface area contributed by atoms with Crippen LogP contribution >= 0.6 is 7.82 Å². The van der Waals surface area contributed by atoms with Crippen molar-refractivity contribution in [3.63, 3.8) is 0 Å². The van der Waals surface area contributed by atoms with E-state index in [4.69, 9.17) is 20.0 Å². The van der Waals surface area contributed by atoms with Gasteiger partial charge in [-0.05, 0) is 44.5 Å². The van der Waals surface area contributed by atoms with Gasteiger partial charge in [0.2, 0.25) is 0 Å². The number of carboxylic acids is 2. The number of rotatable bonds is 12. The van der Waals surface area contributed by atoms with Gasteiger partial charge in [0, 0.05) is 0 Å². The Bertz CT molecular complexity index is 835. The number of hydrogen-bond acceptors (Lipinski definition) is 5. The lowest BCUT2D eigenvalue weighted by atomic mass is 10.1. The average molecular weight is 513 g/mol. The van der Waals surface area contributed by atoms with Crippen LogP contribution in [-0.2, 0) is 14.1 Å². The summed E-state index contributed by atoms with van der Waals surface area (Å²) in [5.74, 6) is -1.75. The molecule has 0 aliphatic rings. The number of aromatic carboxylic acids is 2. The van der Waals surface area contributed by atoms with Crippen LogP contribution in [0.3, 0.4) is 0 Å². The second-order valence-corrected chi connectivity index (χ2v) is 8.98. The van der Waals surface area contributed by atoms with E-state index in [9.17, 15) is 14.2 Å². The van der Waals surface area contributed by atoms with Crippen LogP contribution in [0.1, 0.15) is 83.7 Å². The van der Waals surface area contributed by atoms with E-state index in [-0.39, 0.29) is 6.61 Å². The van der Waals surface area contributed by atoms with E-state index < -0.39 is 19.8 Å². The molecule has 0 spiro atoms. The summed E-state index contributed by atoms with van der Waals surface area (Å²) in [5.41, 5.74) is 2.83. The molecule has 10 heteroatoms. The van der Waals surface area contributed by atoms with E-state index in [2.05, 4.69) is 16.5 Å². The first-order chi connectivity index (χ1) is 16.5. The SMILES string of the molecule is CCCCCCCCCOOP(=O)(O)O.Cc1ccc(C(=O)O)cc1.Cc1ccc(C(=O)O)cc1. The number of benzene rings is 2. The fourth-order valence-corrected chi connectivity index (χ4v) is 2.83. The molecule has 0 radical (unpaired) electrons. The Morgan fingerprint density at radius 3 is 1.43 bits per heavy atom. The van der Waals surface area contributed by atoms with Crippen molar-refractivity contribution < 1.29 is 43.7 Å². The third-order valence-corrected chi connectivity index (χ3v) is 4.88. The van der Waals surface area contributed by atoms with Gasteiger partial charge in [-0.2, -0.15) is 0 Å². The Morgan fingerprint density at radius 2 is 1.09 bits per heavy atom. The number of phosphoric acid groups is 1. The Hall–Kier alpha value is -2.55. The molecule has 0 heterocycles. The van der Waals surface area contributed by atoms with Crippen LogP contribution in [0.4, 0.5) is 0 Å². The van der Waals surface area contributed by atoms with Crippen molar-refractivity contribution in [1.29, 1.82) is 0 Å². The Morgan fingerprint density at radius 1 is 0.714 bits per heavy atom. The van der Waals surface area contributed by atoms with E-state index in [1.54, 1.807) is 48.5 Å². The molecule has 0 saturated carbocycles. The average Bonchev–Trinajstić information content (AvgIpc) is 2.79. The van der Waals surface area contributed by atoms with Crippen LogP contribution in [0.5, 0.6) is 0 Å². The minimum Gasteiger partial charge on any atom is -0.478 e. The molecular weight excluding hydrogens is 475 g/mol. The summed E-state index contributed by atoms with van der Waals surface area (Å²) in [6.45, 7) is 6.25. The highest BCUT2D eigenvalue weighted by molar-refractivity contribution is 7.46. The lowest BCUT2D eigenvalue weighted by Gasteiger charge is -2.04. The van der Waals surface area contributed by atoms with E-state index in [0.717, 1.165) is 30.4 Å². The molecule has 0 fully saturated rings. The maximum absolute atomic E-state index is 10.3. The number of carbonyl (C=O) groups is 2. The summed E-state index contributed by atoms with van der Waals surface area (Å²) in [6.07, 6.45) is 7.90. The maximum atomic E-state index is 10.3. The van der Waals surface area contributed by atoms with Gasteiger partial charge in [-0.1, -0.05) is 80.8 Å². The van der Waals surface area contributed by atoms with Gasteiger partial charge in [0.1, 0.15) is 0 Å². The number of unbranched alkanes of at least 4 members (excludes halogenated alkanes) is 6. The van der Waals surface area contributed by atoms with Crippen molar-refractivity contribution in [1.82, 2.24) is 0 Å². The van der Waals surface area contributed by atoms with Gasteiger partial charge < -0.3 is 20.0 Å². The molecule has 0 aliphatic carbocycles. The van der Waals surface area contributed by atoms with Crippen molar-refractivity contribution >= 4 is 19.8 Å². The summed E-state index contributed by atoms with van der Waals surface area (Å²) in [5, 5.41) is 17.0. The van der Waals surface area contributed by atoms with Gasteiger partial charge >= 0.3 is 19.8 Å². The van der Waals surface area contributed by atoms with Crippen LogP contribution in [0.2, 0.25) is 0 Å². The molecule has 196 valence electrons. The van der Waals surface area contributed by atoms with Crippen molar-refractivity contribution in [2.24, 2.45) is 0 Å². The predicted octanol–water partition coefficient (Wildman–Crippen LogP) is 6.16. The molecule has 4 N–H and O–H groups in total. The molecule has 9 nitrogen and oxygen atoms in total. The van der Waals surface area contributed by atoms with Crippen LogP contribution in [0.15, 0.2) is 48.5 Å². The molecular formula is C25H37O9P. The quantitative estimate of drug-likeness (QED) is 0.113. The smallest absolute Gasteiger partial charge is 0.478 e. The third kappa shape index (κ3) is 19.4. The van der Waals surface area contributed by atoms with Gasteiger partial charge in [0.05, 0.1) is 17.7 Å². The second kappa shape index (κ2) is 18.7. The molecule has 2 aromatic carbocycles. The molecule has 2 rings (SSSR count). The highest BCUT2D eigenvalue weighted by atomic mass is 31.2. The lowest BCUT2D eigenvalue weighted by Crippen LogP contribution is -1.95. The number of hydrogen-bond donors (Lipinski definition) is 4. The first-order valence-corrected chi connectivity index (χ1v) is 13.0. The first kappa shape index (κ1) is 32.5. The Kier molecular flexibility index (Phi) is 17.4. The normalized spacial score (nSPS) is 10.4. The zero-order valence-electron chi connectivity index (χ0n) is 20.6. The fourth-order valence-electron chi connectivity index (χ4n) is 2.62. The summed E-state index contributed by atoms with van der Waals surface area (Å²) in [6, 6.07) is 13.5. The number of aryl methyl sites for hydroxylation is 2. The molecule has 0 saturated heterocycles. The monoisotopic (exact) mass is 512 g/mol. The maximum Gasteiger partial charge on any atom is 0.496 e. The molecule has 0 amide bonds. The van der Waals surface area contributed by atoms with Gasteiger partial charge in [0.25, 0.3) is 0 Å². The van der Waals surface area contributed by atoms with E-state index >= 15 is 0 Å². The minimum absolute atomic E-state index is 0.235. The van der Waals surface area contributed by atoms with Gasteiger partial charge in [0.15, 0.2) is 0 Å². The van der Waals surface area contributed by atoms with E-state index in [1.165, 1.54) is 25.7 Å². The molecule has 0 aromatic heterocycles. The standard InChI is InChI=1S/C9H21O5P.2C8H8O2/c1-2-3-4-5-6-7-8-9-13-14-15(10,11)12;2*1-6-2-4-7(5-3-6)8(9)10/h2-9H2,1H3,(H2,10,11,12);2*2-5H,1H3,(H,9,10). The molecule has 0 unspecified atom stereocenters. The summed E-state index contributed by atoms with van der Waals surface area (Å²) < 4.78 is 14.0. The van der Waals surface area contributed by atoms with Gasteiger partial charge in [-0.15, -0.1) is 4.67 Å². The summed E-state index contributed by atoms with van der Waals surface area (Å²) in [7, 11) is -4.46. The zero-order valence-corrected chi connectivity index (χ0v) is 21.4. The lowest BCUT2D eigenvalue weighted by molar-refractivity contribution is -0.222. The van der Waals surface area contributed by atoms with Crippen LogP contribution in [0, 0.1) is 13.8 Å². The highest BCUT2D eigenvalue weighted by Gasteiger charge is 2.14. The molecule has 0 aliphatic heterocycles. The predicted molar refractivity (Wildman–Crippen MR) is 133 cm³/mol. The van der Waals surface area contributed by atoms with Crippen LogP contribution < -0.4 is 0 Å². The van der Waals surface area contributed by atoms with Gasteiger partial charge in [-0.3, -0.25) is 0 Å². The van der Waals surface area contributed by atoms with E-state index in [1.807, 2.05) is 13.8 Å². The molecule has 2 aromatic rings. The third-order valence-electron chi connectivity index (χ3n) is 4.58. The van der Waals surface area contributed by atoms with Crippen molar-refractivity contribution in [2.75, 3.05) is 6.61 Å². The molecule has 35 heavy (non-hydrogen) atoms. The minimum atomic E-state index is -4.46. The van der Waals surface area contributed by atoms with Crippen molar-refractivity contribution in [3.05, 3.63) is 70.8 Å². The summed E-state index contributed by atoms with van der Waals surface area (Å²) in [4.78, 5) is 41.5. The Labute approximate surface area is 206 Å².